The number of hydrogen-bond donors (Lipinski definition) is 1. The van der Waals surface area contributed by atoms with E-state index in [0.29, 0.717) is 18.4 Å². The summed E-state index contributed by atoms with van der Waals surface area (Å²) >= 11 is 0. The maximum atomic E-state index is 5.50. The molecule has 2 heterocycles. The van der Waals surface area contributed by atoms with Crippen LogP contribution in [-0.2, 0) is 20.0 Å². The molecule has 0 saturated heterocycles. The van der Waals surface area contributed by atoms with Crippen LogP contribution >= 0.6 is 0 Å². The fourth-order valence-corrected chi connectivity index (χ4v) is 2.63. The standard InChI is InChI=1S/C18H29N5O/c1-8-14-13(18(24-7)23(6)22-14)10-19-16-9-15(11(2)3)20-17(21-16)12(4)5/h9,11-12H,8,10H2,1-7H3,(H,19,20,21). The van der Waals surface area contributed by atoms with E-state index in [4.69, 9.17) is 4.74 Å². The van der Waals surface area contributed by atoms with Crippen LogP contribution in [0.5, 0.6) is 5.88 Å². The minimum Gasteiger partial charge on any atom is -0.481 e. The van der Waals surface area contributed by atoms with E-state index in [9.17, 15) is 0 Å². The van der Waals surface area contributed by atoms with Crippen LogP contribution < -0.4 is 10.1 Å². The normalized spacial score (nSPS) is 11.4. The zero-order valence-corrected chi connectivity index (χ0v) is 15.8. The predicted molar refractivity (Wildman–Crippen MR) is 96.7 cm³/mol. The summed E-state index contributed by atoms with van der Waals surface area (Å²) in [5.41, 5.74) is 3.19. The van der Waals surface area contributed by atoms with E-state index in [1.54, 1.807) is 11.8 Å². The Labute approximate surface area is 144 Å². The van der Waals surface area contributed by atoms with Gasteiger partial charge < -0.3 is 10.1 Å². The second kappa shape index (κ2) is 7.64. The molecule has 0 fully saturated rings. The first-order valence-corrected chi connectivity index (χ1v) is 8.58. The summed E-state index contributed by atoms with van der Waals surface area (Å²) in [5, 5.41) is 7.95. The van der Waals surface area contributed by atoms with Crippen molar-refractivity contribution in [2.24, 2.45) is 7.05 Å². The van der Waals surface area contributed by atoms with Crippen molar-refractivity contribution in [3.05, 3.63) is 28.8 Å². The van der Waals surface area contributed by atoms with Crippen LogP contribution in [0.2, 0.25) is 0 Å². The smallest absolute Gasteiger partial charge is 0.216 e. The van der Waals surface area contributed by atoms with Crippen molar-refractivity contribution in [3.63, 3.8) is 0 Å². The monoisotopic (exact) mass is 331 g/mol. The van der Waals surface area contributed by atoms with Gasteiger partial charge in [0.05, 0.1) is 18.4 Å². The van der Waals surface area contributed by atoms with Crippen molar-refractivity contribution in [2.75, 3.05) is 12.4 Å². The maximum absolute atomic E-state index is 5.50. The summed E-state index contributed by atoms with van der Waals surface area (Å²) in [6, 6.07) is 2.03. The summed E-state index contributed by atoms with van der Waals surface area (Å²) in [7, 11) is 3.58. The third-order valence-corrected chi connectivity index (χ3v) is 4.02. The summed E-state index contributed by atoms with van der Waals surface area (Å²) in [4.78, 5) is 9.32. The molecule has 2 aromatic heterocycles. The molecule has 24 heavy (non-hydrogen) atoms. The van der Waals surface area contributed by atoms with Gasteiger partial charge in [-0.15, -0.1) is 0 Å². The van der Waals surface area contributed by atoms with Gasteiger partial charge in [-0.3, -0.25) is 0 Å². The van der Waals surface area contributed by atoms with Crippen LogP contribution in [0.25, 0.3) is 0 Å². The van der Waals surface area contributed by atoms with Gasteiger partial charge in [0.25, 0.3) is 0 Å². The van der Waals surface area contributed by atoms with Crippen molar-refractivity contribution in [1.29, 1.82) is 0 Å². The molecule has 1 N–H and O–H groups in total. The molecule has 0 amide bonds. The molecule has 0 aromatic carbocycles. The molecule has 0 radical (unpaired) electrons. The van der Waals surface area contributed by atoms with Crippen LogP contribution in [-0.4, -0.2) is 26.9 Å². The van der Waals surface area contributed by atoms with E-state index in [2.05, 4.69) is 55.0 Å². The zero-order valence-electron chi connectivity index (χ0n) is 15.8. The highest BCUT2D eigenvalue weighted by molar-refractivity contribution is 5.41. The van der Waals surface area contributed by atoms with Crippen LogP contribution in [0.15, 0.2) is 6.07 Å². The van der Waals surface area contributed by atoms with E-state index in [-0.39, 0.29) is 0 Å². The molecule has 2 aromatic rings. The highest BCUT2D eigenvalue weighted by Gasteiger charge is 2.16. The molecule has 0 aliphatic rings. The van der Waals surface area contributed by atoms with Gasteiger partial charge in [-0.1, -0.05) is 34.6 Å². The Morgan fingerprint density at radius 3 is 2.42 bits per heavy atom. The van der Waals surface area contributed by atoms with Gasteiger partial charge >= 0.3 is 0 Å². The summed E-state index contributed by atoms with van der Waals surface area (Å²) < 4.78 is 7.29. The molecule has 6 nitrogen and oxygen atoms in total. The molecule has 0 aliphatic heterocycles. The van der Waals surface area contributed by atoms with Crippen molar-refractivity contribution in [1.82, 2.24) is 19.7 Å². The number of anilines is 1. The summed E-state index contributed by atoms with van der Waals surface area (Å²) in [6.07, 6.45) is 0.868. The first-order chi connectivity index (χ1) is 11.4. The third kappa shape index (κ3) is 3.86. The zero-order chi connectivity index (χ0) is 17.9. The maximum Gasteiger partial charge on any atom is 0.216 e. The molecule has 6 heteroatoms. The Balaban J connectivity index is 2.29. The lowest BCUT2D eigenvalue weighted by Gasteiger charge is -2.14. The van der Waals surface area contributed by atoms with Crippen molar-refractivity contribution >= 4 is 5.82 Å². The SMILES string of the molecule is CCc1nn(C)c(OC)c1CNc1cc(C(C)C)nc(C(C)C)n1. The molecule has 0 aliphatic carbocycles. The van der Waals surface area contributed by atoms with E-state index in [0.717, 1.165) is 40.9 Å². The molecular formula is C18H29N5O. The van der Waals surface area contributed by atoms with Crippen molar-refractivity contribution in [2.45, 2.75) is 59.4 Å². The average molecular weight is 331 g/mol. The molecule has 0 saturated carbocycles. The number of ether oxygens (including phenoxy) is 1. The number of rotatable bonds is 7. The molecule has 0 atom stereocenters. The van der Waals surface area contributed by atoms with Gasteiger partial charge in [0.1, 0.15) is 11.6 Å². The fourth-order valence-electron chi connectivity index (χ4n) is 2.63. The summed E-state index contributed by atoms with van der Waals surface area (Å²) in [6.45, 7) is 11.3. The lowest BCUT2D eigenvalue weighted by molar-refractivity contribution is 0.369. The Morgan fingerprint density at radius 2 is 1.88 bits per heavy atom. The number of nitrogens with one attached hydrogen (secondary N) is 1. The molecule has 0 bridgehead atoms. The van der Waals surface area contributed by atoms with Crippen molar-refractivity contribution in [3.8, 4) is 5.88 Å². The first-order valence-electron chi connectivity index (χ1n) is 8.58. The average Bonchev–Trinajstić information content (AvgIpc) is 2.87. The van der Waals surface area contributed by atoms with Crippen LogP contribution in [0.4, 0.5) is 5.82 Å². The second-order valence-corrected chi connectivity index (χ2v) is 6.61. The number of hydrogen-bond acceptors (Lipinski definition) is 5. The van der Waals surface area contributed by atoms with Crippen LogP contribution in [0.3, 0.4) is 0 Å². The van der Waals surface area contributed by atoms with E-state index in [1.165, 1.54) is 0 Å². The van der Waals surface area contributed by atoms with Crippen molar-refractivity contribution < 1.29 is 4.74 Å². The van der Waals surface area contributed by atoms with Gasteiger partial charge in [0.15, 0.2) is 0 Å². The number of aromatic nitrogens is 4. The first kappa shape index (κ1) is 18.2. The quantitative estimate of drug-likeness (QED) is 0.839. The minimum absolute atomic E-state index is 0.295. The Kier molecular flexibility index (Phi) is 5.80. The van der Waals surface area contributed by atoms with E-state index < -0.39 is 0 Å². The number of aryl methyl sites for hydroxylation is 2. The molecule has 0 unspecified atom stereocenters. The van der Waals surface area contributed by atoms with Gasteiger partial charge in [-0.25, -0.2) is 14.6 Å². The predicted octanol–water partition coefficient (Wildman–Crippen LogP) is 3.64. The third-order valence-electron chi connectivity index (χ3n) is 4.02. The molecule has 132 valence electrons. The highest BCUT2D eigenvalue weighted by Crippen LogP contribution is 2.24. The molecule has 2 rings (SSSR count). The largest absolute Gasteiger partial charge is 0.481 e. The Morgan fingerprint density at radius 1 is 1.17 bits per heavy atom. The van der Waals surface area contributed by atoms with Gasteiger partial charge in [-0.2, -0.15) is 5.10 Å². The van der Waals surface area contributed by atoms with E-state index in [1.807, 2.05) is 13.1 Å². The summed E-state index contributed by atoms with van der Waals surface area (Å²) in [5.74, 6) is 3.18. The molecular weight excluding hydrogens is 302 g/mol. The Hall–Kier alpha value is -2.11. The minimum atomic E-state index is 0.295. The van der Waals surface area contributed by atoms with Gasteiger partial charge in [0.2, 0.25) is 5.88 Å². The lowest BCUT2D eigenvalue weighted by atomic mass is 10.1. The number of methoxy groups -OCH3 is 1. The molecule has 0 spiro atoms. The fraction of sp³-hybridized carbons (Fsp3) is 0.611. The van der Waals surface area contributed by atoms with Crippen LogP contribution in [0.1, 0.15) is 69.2 Å². The van der Waals surface area contributed by atoms with Crippen LogP contribution in [0, 0.1) is 0 Å². The highest BCUT2D eigenvalue weighted by atomic mass is 16.5. The topological polar surface area (TPSA) is 64.9 Å². The van der Waals surface area contributed by atoms with E-state index >= 15 is 0 Å². The Bertz CT molecular complexity index is 665. The number of nitrogens with zero attached hydrogens (tertiary/aromatic N) is 4. The lowest BCUT2D eigenvalue weighted by Crippen LogP contribution is -2.09. The second-order valence-electron chi connectivity index (χ2n) is 6.61. The van der Waals surface area contributed by atoms with Gasteiger partial charge in [-0.05, 0) is 12.3 Å². The van der Waals surface area contributed by atoms with Gasteiger partial charge in [0, 0.05) is 31.3 Å².